The number of fused-ring (bicyclic) bond motifs is 1. The Morgan fingerprint density at radius 3 is 2.62 bits per heavy atom. The zero-order valence-corrected chi connectivity index (χ0v) is 23.2. The molecule has 3 aliphatic carbocycles. The van der Waals surface area contributed by atoms with Gasteiger partial charge in [0, 0.05) is 40.9 Å². The summed E-state index contributed by atoms with van der Waals surface area (Å²) in [7, 11) is 1.23. The number of nitrogens with one attached hydrogen (secondary N) is 1. The Kier molecular flexibility index (Phi) is 6.32. The molecule has 0 unspecified atom stereocenters. The predicted molar refractivity (Wildman–Crippen MR) is 148 cm³/mol. The highest BCUT2D eigenvalue weighted by atomic mass is 35.5. The molecule has 2 bridgehead atoms. The first-order valence-corrected chi connectivity index (χ1v) is 14.0. The standard InChI is InChI=1S/C30H33ClN2O7/c1-15-25(35)20(27(37)32-21-12-18(31)6-7-19(21)28(38)40-2)13-30(39)23-11-17-5-8-22(34)26(36)24(17)29(15,30)9-10-33(23)14-16-3-4-16/h5-8,12,15-16,23,34-36,39H,3-4,9-11,13-14H2,1-2H3,(H,32,37)/t15-,23+,29+,30+/m0/s1. The van der Waals surface area contributed by atoms with Crippen LogP contribution in [0.4, 0.5) is 5.69 Å². The maximum Gasteiger partial charge on any atom is 0.339 e. The summed E-state index contributed by atoms with van der Waals surface area (Å²) in [6.45, 7) is 3.24. The van der Waals surface area contributed by atoms with Crippen molar-refractivity contribution in [2.75, 3.05) is 25.5 Å². The van der Waals surface area contributed by atoms with Gasteiger partial charge in [-0.3, -0.25) is 9.69 Å². The normalized spacial score (nSPS) is 29.4. The Bertz CT molecular complexity index is 1450. The maximum atomic E-state index is 13.7. The molecule has 2 aromatic carbocycles. The zero-order chi connectivity index (χ0) is 28.6. The molecule has 1 amide bonds. The lowest BCUT2D eigenvalue weighted by Crippen LogP contribution is -2.75. The van der Waals surface area contributed by atoms with E-state index >= 15 is 0 Å². The minimum Gasteiger partial charge on any atom is -0.512 e. The number of phenols is 2. The second-order valence-electron chi connectivity index (χ2n) is 11.7. The topological polar surface area (TPSA) is 140 Å². The number of phenolic OH excluding ortho intramolecular Hbond substituents is 2. The van der Waals surface area contributed by atoms with Crippen molar-refractivity contribution in [2.45, 2.75) is 56.1 Å². The van der Waals surface area contributed by atoms with Crippen molar-refractivity contribution in [3.05, 3.63) is 63.4 Å². The van der Waals surface area contributed by atoms with Crippen LogP contribution in [0.1, 0.15) is 54.1 Å². The van der Waals surface area contributed by atoms with Crippen LogP contribution in [-0.4, -0.2) is 69.0 Å². The molecule has 1 saturated heterocycles. The van der Waals surface area contributed by atoms with E-state index in [1.165, 1.54) is 31.4 Å². The molecule has 212 valence electrons. The van der Waals surface area contributed by atoms with Crippen molar-refractivity contribution >= 4 is 29.2 Å². The number of amides is 1. The Labute approximate surface area is 237 Å². The van der Waals surface area contributed by atoms with Gasteiger partial charge in [-0.2, -0.15) is 0 Å². The van der Waals surface area contributed by atoms with Gasteiger partial charge in [0.1, 0.15) is 5.76 Å². The quantitative estimate of drug-likeness (QED) is 0.269. The smallest absolute Gasteiger partial charge is 0.339 e. The van der Waals surface area contributed by atoms with Gasteiger partial charge in [0.2, 0.25) is 0 Å². The fourth-order valence-corrected chi connectivity index (χ4v) is 7.69. The first-order valence-electron chi connectivity index (χ1n) is 13.6. The van der Waals surface area contributed by atoms with Crippen LogP contribution in [-0.2, 0) is 21.4 Å². The summed E-state index contributed by atoms with van der Waals surface area (Å²) in [4.78, 5) is 28.3. The van der Waals surface area contributed by atoms with E-state index in [1.54, 1.807) is 13.0 Å². The van der Waals surface area contributed by atoms with Gasteiger partial charge >= 0.3 is 5.97 Å². The van der Waals surface area contributed by atoms with Gasteiger partial charge in [-0.05, 0) is 68.0 Å². The number of allylic oxidation sites excluding steroid dienone is 1. The van der Waals surface area contributed by atoms with Crippen molar-refractivity contribution in [3.63, 3.8) is 0 Å². The average Bonchev–Trinajstić information content (AvgIpc) is 3.74. The Morgan fingerprint density at radius 2 is 1.93 bits per heavy atom. The van der Waals surface area contributed by atoms with Gasteiger partial charge in [0.05, 0.1) is 29.5 Å². The van der Waals surface area contributed by atoms with Crippen molar-refractivity contribution in [1.29, 1.82) is 0 Å². The van der Waals surface area contributed by atoms with Crippen LogP contribution in [0, 0.1) is 11.8 Å². The summed E-state index contributed by atoms with van der Waals surface area (Å²) in [6, 6.07) is 7.25. The van der Waals surface area contributed by atoms with E-state index < -0.39 is 28.8 Å². The Hall–Kier alpha value is -3.27. The molecule has 9 nitrogen and oxygen atoms in total. The number of hydrogen-bond donors (Lipinski definition) is 5. The van der Waals surface area contributed by atoms with Crippen LogP contribution < -0.4 is 5.32 Å². The molecule has 10 heteroatoms. The predicted octanol–water partition coefficient (Wildman–Crippen LogP) is 4.04. The largest absolute Gasteiger partial charge is 0.512 e. The number of nitrogens with zero attached hydrogens (tertiary/aromatic N) is 1. The van der Waals surface area contributed by atoms with E-state index in [4.69, 9.17) is 16.3 Å². The summed E-state index contributed by atoms with van der Waals surface area (Å²) in [5.74, 6) is -2.30. The number of aliphatic hydroxyl groups is 2. The third-order valence-electron chi connectivity index (χ3n) is 9.66. The number of esters is 1. The number of ether oxygens (including phenoxy) is 1. The van der Waals surface area contributed by atoms with Crippen molar-refractivity contribution in [2.24, 2.45) is 11.8 Å². The number of methoxy groups -OCH3 is 1. The average molecular weight is 569 g/mol. The van der Waals surface area contributed by atoms with Gasteiger partial charge in [-0.15, -0.1) is 0 Å². The Balaban J connectivity index is 1.46. The van der Waals surface area contributed by atoms with Gasteiger partial charge in [-0.1, -0.05) is 24.6 Å². The Morgan fingerprint density at radius 1 is 1.18 bits per heavy atom. The van der Waals surface area contributed by atoms with Crippen molar-refractivity contribution in [1.82, 2.24) is 4.90 Å². The third-order valence-corrected chi connectivity index (χ3v) is 9.90. The highest BCUT2D eigenvalue weighted by Crippen LogP contribution is 2.64. The number of anilines is 1. The van der Waals surface area contributed by atoms with Gasteiger partial charge < -0.3 is 30.5 Å². The van der Waals surface area contributed by atoms with E-state index in [9.17, 15) is 30.0 Å². The molecular formula is C30H33ClN2O7. The van der Waals surface area contributed by atoms with Crippen molar-refractivity contribution < 1.29 is 34.8 Å². The van der Waals surface area contributed by atoms with E-state index in [0.717, 1.165) is 24.9 Å². The summed E-state index contributed by atoms with van der Waals surface area (Å²) >= 11 is 6.15. The SMILES string of the molecule is COC(=O)c1ccc(Cl)cc1NC(=O)C1=C(O)[C@H](C)[C@]23CCN(CC4CC4)[C@H](Cc4ccc(O)c(O)c42)[C@]3(O)C1. The van der Waals surface area contributed by atoms with E-state index in [1.807, 2.05) is 0 Å². The summed E-state index contributed by atoms with van der Waals surface area (Å²) in [6.07, 6.45) is 2.97. The molecule has 0 radical (unpaired) electrons. The minimum atomic E-state index is -1.53. The maximum absolute atomic E-state index is 13.7. The van der Waals surface area contributed by atoms with Crippen LogP contribution in [0.3, 0.4) is 0 Å². The first-order chi connectivity index (χ1) is 19.0. The van der Waals surface area contributed by atoms with Crippen LogP contribution >= 0.6 is 11.6 Å². The highest BCUT2D eigenvalue weighted by molar-refractivity contribution is 6.31. The molecule has 0 aromatic heterocycles. The van der Waals surface area contributed by atoms with E-state index in [-0.39, 0.29) is 46.5 Å². The highest BCUT2D eigenvalue weighted by Gasteiger charge is 2.69. The molecule has 2 fully saturated rings. The zero-order valence-electron chi connectivity index (χ0n) is 22.4. The third kappa shape index (κ3) is 3.82. The number of carbonyl (C=O) groups excluding carboxylic acids is 2. The second kappa shape index (κ2) is 9.39. The number of carbonyl (C=O) groups is 2. The van der Waals surface area contributed by atoms with Crippen LogP contribution in [0.25, 0.3) is 0 Å². The molecule has 4 atom stereocenters. The lowest BCUT2D eigenvalue weighted by Gasteiger charge is -2.65. The molecule has 6 rings (SSSR count). The van der Waals surface area contributed by atoms with E-state index in [0.29, 0.717) is 35.9 Å². The first kappa shape index (κ1) is 26.9. The second-order valence-corrected chi connectivity index (χ2v) is 12.1. The summed E-state index contributed by atoms with van der Waals surface area (Å²) < 4.78 is 4.84. The number of aliphatic hydroxyl groups excluding tert-OH is 1. The number of piperidine rings is 1. The molecule has 4 aliphatic rings. The lowest BCUT2D eigenvalue weighted by molar-refractivity contribution is -0.171. The summed E-state index contributed by atoms with van der Waals surface area (Å²) in [5, 5.41) is 48.9. The number of benzene rings is 2. The summed E-state index contributed by atoms with van der Waals surface area (Å²) in [5.41, 5.74) is -1.18. The number of halogens is 1. The fourth-order valence-electron chi connectivity index (χ4n) is 7.52. The monoisotopic (exact) mass is 568 g/mol. The molecule has 40 heavy (non-hydrogen) atoms. The lowest BCUT2D eigenvalue weighted by atomic mass is 9.46. The van der Waals surface area contributed by atoms with Crippen molar-refractivity contribution in [3.8, 4) is 11.5 Å². The number of likely N-dealkylation sites (tertiary alicyclic amines) is 1. The van der Waals surface area contributed by atoms with E-state index in [2.05, 4.69) is 10.2 Å². The van der Waals surface area contributed by atoms with Crippen LogP contribution in [0.5, 0.6) is 11.5 Å². The fraction of sp³-hybridized carbons (Fsp3) is 0.467. The van der Waals surface area contributed by atoms with Crippen LogP contribution in [0.15, 0.2) is 41.7 Å². The molecule has 0 spiro atoms. The number of aromatic hydroxyl groups is 2. The molecular weight excluding hydrogens is 536 g/mol. The number of rotatable bonds is 5. The van der Waals surface area contributed by atoms with Gasteiger partial charge in [-0.25, -0.2) is 4.79 Å². The molecule has 1 saturated carbocycles. The molecule has 5 N–H and O–H groups in total. The van der Waals surface area contributed by atoms with Gasteiger partial charge in [0.15, 0.2) is 11.5 Å². The molecule has 2 aromatic rings. The molecule has 1 heterocycles. The van der Waals surface area contributed by atoms with Crippen LogP contribution in [0.2, 0.25) is 5.02 Å². The minimum absolute atomic E-state index is 0.00258. The van der Waals surface area contributed by atoms with Gasteiger partial charge in [0.25, 0.3) is 5.91 Å². The molecule has 1 aliphatic heterocycles. The number of hydrogen-bond acceptors (Lipinski definition) is 8.